The van der Waals surface area contributed by atoms with Crippen LogP contribution < -0.4 is 14.8 Å². The first-order chi connectivity index (χ1) is 15.4. The van der Waals surface area contributed by atoms with Crippen LogP contribution in [0.1, 0.15) is 36.8 Å². The summed E-state index contributed by atoms with van der Waals surface area (Å²) in [6.45, 7) is 3.84. The fourth-order valence-electron chi connectivity index (χ4n) is 3.76. The van der Waals surface area contributed by atoms with Crippen molar-refractivity contribution in [2.75, 3.05) is 33.4 Å². The van der Waals surface area contributed by atoms with E-state index in [0.29, 0.717) is 44.8 Å². The topological polar surface area (TPSA) is 84.9 Å². The van der Waals surface area contributed by atoms with Crippen molar-refractivity contribution in [3.63, 3.8) is 0 Å². The first-order valence-electron chi connectivity index (χ1n) is 11.0. The third-order valence-corrected chi connectivity index (χ3v) is 7.48. The Hall–Kier alpha value is -2.58. The van der Waals surface area contributed by atoms with Gasteiger partial charge in [-0.1, -0.05) is 18.6 Å². The number of methoxy groups -OCH3 is 1. The van der Waals surface area contributed by atoms with Gasteiger partial charge in [0.15, 0.2) is 0 Å². The van der Waals surface area contributed by atoms with Gasteiger partial charge in [0.25, 0.3) is 0 Å². The van der Waals surface area contributed by atoms with Crippen LogP contribution in [-0.2, 0) is 21.2 Å². The minimum atomic E-state index is -3.44. The molecule has 1 aliphatic rings. The number of piperidine rings is 1. The number of benzene rings is 2. The molecule has 32 heavy (non-hydrogen) atoms. The summed E-state index contributed by atoms with van der Waals surface area (Å²) in [5.74, 6) is 1.38. The van der Waals surface area contributed by atoms with Crippen LogP contribution in [0.5, 0.6) is 11.5 Å². The zero-order valence-electron chi connectivity index (χ0n) is 18.8. The Bertz CT molecular complexity index is 1000. The molecule has 1 amide bonds. The Morgan fingerprint density at radius 1 is 1.06 bits per heavy atom. The lowest BCUT2D eigenvalue weighted by molar-refractivity contribution is -0.121. The molecule has 3 rings (SSSR count). The van der Waals surface area contributed by atoms with Crippen LogP contribution in [0, 0.1) is 6.92 Å². The highest BCUT2D eigenvalue weighted by Gasteiger charge is 2.25. The molecule has 8 heteroatoms. The summed E-state index contributed by atoms with van der Waals surface area (Å²) in [4.78, 5) is 12.4. The third-order valence-electron chi connectivity index (χ3n) is 5.57. The highest BCUT2D eigenvalue weighted by molar-refractivity contribution is 7.89. The first-order valence-corrected chi connectivity index (χ1v) is 12.5. The summed E-state index contributed by atoms with van der Waals surface area (Å²) in [5, 5.41) is 2.85. The van der Waals surface area contributed by atoms with Crippen LogP contribution in [-0.4, -0.2) is 52.0 Å². The Morgan fingerprint density at radius 2 is 1.78 bits per heavy atom. The summed E-state index contributed by atoms with van der Waals surface area (Å²) in [7, 11) is -1.80. The van der Waals surface area contributed by atoms with Crippen molar-refractivity contribution in [2.45, 2.75) is 43.9 Å². The number of carbonyl (C=O) groups excluding carboxylic acids is 1. The van der Waals surface area contributed by atoms with Crippen molar-refractivity contribution in [2.24, 2.45) is 0 Å². The molecule has 0 aromatic heterocycles. The monoisotopic (exact) mass is 460 g/mol. The number of nitrogens with zero attached hydrogens (tertiary/aromatic N) is 1. The molecule has 1 aliphatic heterocycles. The van der Waals surface area contributed by atoms with Crippen LogP contribution in [0.4, 0.5) is 0 Å². The maximum Gasteiger partial charge on any atom is 0.243 e. The van der Waals surface area contributed by atoms with Crippen LogP contribution >= 0.6 is 0 Å². The molecular weight excluding hydrogens is 428 g/mol. The SMILES string of the molecule is COc1ccc(CCC(=O)NCCOc2ccc(S(=O)(=O)N3CCCCC3)cc2)cc1C. The van der Waals surface area contributed by atoms with E-state index in [0.717, 1.165) is 36.1 Å². The Morgan fingerprint density at radius 3 is 2.44 bits per heavy atom. The molecule has 1 fully saturated rings. The molecule has 0 aliphatic carbocycles. The molecule has 0 radical (unpaired) electrons. The molecule has 2 aromatic carbocycles. The summed E-state index contributed by atoms with van der Waals surface area (Å²) in [6, 6.07) is 12.4. The fourth-order valence-corrected chi connectivity index (χ4v) is 5.28. The lowest BCUT2D eigenvalue weighted by atomic mass is 10.1. The second-order valence-electron chi connectivity index (χ2n) is 7.94. The standard InChI is InChI=1S/C24H32N2O5S/c1-19-18-20(6-12-23(19)30-2)7-13-24(27)25-14-17-31-21-8-10-22(11-9-21)32(28,29)26-15-4-3-5-16-26/h6,8-12,18H,3-5,7,13-17H2,1-2H3,(H,25,27). The average molecular weight is 461 g/mol. The molecule has 1 saturated heterocycles. The summed E-state index contributed by atoms with van der Waals surface area (Å²) < 4.78 is 37.8. The maximum atomic E-state index is 12.7. The number of aryl methyl sites for hydroxylation is 2. The van der Waals surface area contributed by atoms with Gasteiger partial charge in [0, 0.05) is 19.5 Å². The summed E-state index contributed by atoms with van der Waals surface area (Å²) in [6.07, 6.45) is 3.95. The van der Waals surface area contributed by atoms with Crippen LogP contribution in [0.15, 0.2) is 47.4 Å². The number of nitrogens with one attached hydrogen (secondary N) is 1. The Labute approximate surface area is 190 Å². The molecule has 1 heterocycles. The lowest BCUT2D eigenvalue weighted by Crippen LogP contribution is -2.35. The molecule has 1 N–H and O–H groups in total. The second-order valence-corrected chi connectivity index (χ2v) is 9.88. The minimum absolute atomic E-state index is 0.0370. The van der Waals surface area contributed by atoms with E-state index in [1.807, 2.05) is 25.1 Å². The molecule has 0 atom stereocenters. The fraction of sp³-hybridized carbons (Fsp3) is 0.458. The van der Waals surface area contributed by atoms with Crippen molar-refractivity contribution < 1.29 is 22.7 Å². The summed E-state index contributed by atoms with van der Waals surface area (Å²) >= 11 is 0. The van der Waals surface area contributed by atoms with Gasteiger partial charge in [-0.3, -0.25) is 4.79 Å². The van der Waals surface area contributed by atoms with Crippen molar-refractivity contribution in [1.82, 2.24) is 9.62 Å². The quantitative estimate of drug-likeness (QED) is 0.550. The molecule has 174 valence electrons. The minimum Gasteiger partial charge on any atom is -0.496 e. The zero-order chi connectivity index (χ0) is 23.0. The number of ether oxygens (including phenoxy) is 2. The Kier molecular flexibility index (Phi) is 8.53. The predicted molar refractivity (Wildman–Crippen MR) is 124 cm³/mol. The van der Waals surface area contributed by atoms with Gasteiger partial charge in [-0.15, -0.1) is 0 Å². The molecule has 0 unspecified atom stereocenters. The molecule has 0 spiro atoms. The summed E-state index contributed by atoms with van der Waals surface area (Å²) in [5.41, 5.74) is 2.14. The molecule has 2 aromatic rings. The number of amides is 1. The largest absolute Gasteiger partial charge is 0.496 e. The average Bonchev–Trinajstić information content (AvgIpc) is 2.81. The number of sulfonamides is 1. The van der Waals surface area contributed by atoms with Crippen molar-refractivity contribution >= 4 is 15.9 Å². The Balaban J connectivity index is 1.39. The van der Waals surface area contributed by atoms with Crippen LogP contribution in [0.2, 0.25) is 0 Å². The van der Waals surface area contributed by atoms with E-state index in [4.69, 9.17) is 9.47 Å². The van der Waals surface area contributed by atoms with Gasteiger partial charge in [-0.2, -0.15) is 4.31 Å². The number of carbonyl (C=O) groups is 1. The highest BCUT2D eigenvalue weighted by Crippen LogP contribution is 2.23. The number of hydrogen-bond acceptors (Lipinski definition) is 5. The van der Waals surface area contributed by atoms with Gasteiger partial charge in [0.1, 0.15) is 18.1 Å². The van der Waals surface area contributed by atoms with Crippen LogP contribution in [0.25, 0.3) is 0 Å². The van der Waals surface area contributed by atoms with Crippen molar-refractivity contribution in [3.05, 3.63) is 53.6 Å². The smallest absolute Gasteiger partial charge is 0.243 e. The molecule has 0 bridgehead atoms. The van der Waals surface area contributed by atoms with Gasteiger partial charge >= 0.3 is 0 Å². The first kappa shape index (κ1) is 24.1. The van der Waals surface area contributed by atoms with E-state index in [1.54, 1.807) is 35.7 Å². The van der Waals surface area contributed by atoms with Crippen LogP contribution in [0.3, 0.4) is 0 Å². The molecule has 0 saturated carbocycles. The van der Waals surface area contributed by atoms with Gasteiger partial charge in [-0.25, -0.2) is 8.42 Å². The van der Waals surface area contributed by atoms with Crippen molar-refractivity contribution in [1.29, 1.82) is 0 Å². The predicted octanol–water partition coefficient (Wildman–Crippen LogP) is 3.31. The van der Waals surface area contributed by atoms with E-state index in [-0.39, 0.29) is 10.8 Å². The third kappa shape index (κ3) is 6.46. The zero-order valence-corrected chi connectivity index (χ0v) is 19.6. The van der Waals surface area contributed by atoms with Gasteiger partial charge < -0.3 is 14.8 Å². The maximum absolute atomic E-state index is 12.7. The normalized spacial score (nSPS) is 14.7. The van der Waals surface area contributed by atoms with Gasteiger partial charge in [0.2, 0.25) is 15.9 Å². The molecule has 7 nitrogen and oxygen atoms in total. The van der Waals surface area contributed by atoms with Crippen molar-refractivity contribution in [3.8, 4) is 11.5 Å². The van der Waals surface area contributed by atoms with E-state index in [2.05, 4.69) is 5.32 Å². The van der Waals surface area contributed by atoms with E-state index in [9.17, 15) is 13.2 Å². The molecular formula is C24H32N2O5S. The number of rotatable bonds is 10. The van der Waals surface area contributed by atoms with Gasteiger partial charge in [-0.05, 0) is 67.6 Å². The highest BCUT2D eigenvalue weighted by atomic mass is 32.2. The van der Waals surface area contributed by atoms with E-state index >= 15 is 0 Å². The van der Waals surface area contributed by atoms with E-state index in [1.165, 1.54) is 0 Å². The second kappa shape index (κ2) is 11.3. The number of hydrogen-bond donors (Lipinski definition) is 1. The van der Waals surface area contributed by atoms with E-state index < -0.39 is 10.0 Å². The van der Waals surface area contributed by atoms with Gasteiger partial charge in [0.05, 0.1) is 18.6 Å². The lowest BCUT2D eigenvalue weighted by Gasteiger charge is -2.25.